The van der Waals surface area contributed by atoms with Gasteiger partial charge in [0.05, 0.1) is 6.07 Å². The summed E-state index contributed by atoms with van der Waals surface area (Å²) in [4.78, 5) is 12.0. The lowest BCUT2D eigenvalue weighted by Crippen LogP contribution is -2.47. The first-order valence-corrected chi connectivity index (χ1v) is 6.79. The second kappa shape index (κ2) is 5.11. The highest BCUT2D eigenvalue weighted by Crippen LogP contribution is 2.45. The molecule has 1 aromatic rings. The van der Waals surface area contributed by atoms with Gasteiger partial charge in [-0.2, -0.15) is 5.26 Å². The van der Waals surface area contributed by atoms with E-state index < -0.39 is 5.41 Å². The Balaban J connectivity index is 1.93. The number of halogens is 1. The van der Waals surface area contributed by atoms with Gasteiger partial charge in [-0.25, -0.2) is 0 Å². The summed E-state index contributed by atoms with van der Waals surface area (Å²) in [6, 6.07) is 9.95. The van der Waals surface area contributed by atoms with Crippen LogP contribution in [-0.4, -0.2) is 5.91 Å². The molecule has 1 saturated carbocycles. The van der Waals surface area contributed by atoms with Crippen LogP contribution >= 0.6 is 15.9 Å². The molecule has 1 aromatic carbocycles. The van der Waals surface area contributed by atoms with Crippen LogP contribution in [0.1, 0.15) is 25.3 Å². The number of benzene rings is 1. The molecule has 3 nitrogen and oxygen atoms in total. The Hall–Kier alpha value is -1.34. The Labute approximate surface area is 115 Å². The van der Waals surface area contributed by atoms with Gasteiger partial charge in [0.15, 0.2) is 0 Å². The number of amides is 1. The molecule has 0 bridgehead atoms. The van der Waals surface area contributed by atoms with Crippen molar-refractivity contribution in [2.24, 2.45) is 11.3 Å². The Kier molecular flexibility index (Phi) is 3.72. The van der Waals surface area contributed by atoms with E-state index in [1.165, 1.54) is 0 Å². The van der Waals surface area contributed by atoms with Crippen LogP contribution in [-0.2, 0) is 11.3 Å². The minimum absolute atomic E-state index is 0.133. The standard InChI is InChI=1S/C14H15BrN2O/c1-10-6-14(7-10,9-16)13(18)17-8-11-2-4-12(15)5-3-11/h2-5,10H,6-8H2,1H3,(H,17,18). The lowest BCUT2D eigenvalue weighted by atomic mass is 9.63. The maximum absolute atomic E-state index is 12.0. The maximum atomic E-state index is 12.0. The van der Waals surface area contributed by atoms with E-state index in [1.54, 1.807) is 0 Å². The molecular weight excluding hydrogens is 292 g/mol. The first-order valence-electron chi connectivity index (χ1n) is 6.00. The van der Waals surface area contributed by atoms with Crippen molar-refractivity contribution in [2.75, 3.05) is 0 Å². The van der Waals surface area contributed by atoms with Crippen molar-refractivity contribution in [3.8, 4) is 6.07 Å². The van der Waals surface area contributed by atoms with Gasteiger partial charge in [0, 0.05) is 11.0 Å². The third-order valence-corrected chi connectivity index (χ3v) is 3.94. The number of hydrogen-bond donors (Lipinski definition) is 1. The molecule has 1 aliphatic carbocycles. The third-order valence-electron chi connectivity index (χ3n) is 3.41. The van der Waals surface area contributed by atoms with Gasteiger partial charge in [0.2, 0.25) is 5.91 Å². The van der Waals surface area contributed by atoms with Crippen LogP contribution in [0.2, 0.25) is 0 Å². The van der Waals surface area contributed by atoms with Crippen molar-refractivity contribution in [3.63, 3.8) is 0 Å². The Morgan fingerprint density at radius 2 is 2.11 bits per heavy atom. The van der Waals surface area contributed by atoms with Crippen molar-refractivity contribution in [3.05, 3.63) is 34.3 Å². The molecule has 0 heterocycles. The fourth-order valence-electron chi connectivity index (χ4n) is 2.41. The predicted octanol–water partition coefficient (Wildman–Crippen LogP) is 3.01. The van der Waals surface area contributed by atoms with Gasteiger partial charge >= 0.3 is 0 Å². The molecule has 2 rings (SSSR count). The van der Waals surface area contributed by atoms with Crippen LogP contribution in [0.15, 0.2) is 28.7 Å². The van der Waals surface area contributed by atoms with Gasteiger partial charge in [-0.1, -0.05) is 35.0 Å². The van der Waals surface area contributed by atoms with Gasteiger partial charge in [-0.15, -0.1) is 0 Å². The lowest BCUT2D eigenvalue weighted by molar-refractivity contribution is -0.134. The molecule has 0 aliphatic heterocycles. The molecule has 1 amide bonds. The zero-order valence-corrected chi connectivity index (χ0v) is 11.8. The van der Waals surface area contributed by atoms with Crippen molar-refractivity contribution in [1.82, 2.24) is 5.32 Å². The topological polar surface area (TPSA) is 52.9 Å². The molecule has 0 saturated heterocycles. The van der Waals surface area contributed by atoms with Crippen LogP contribution < -0.4 is 5.32 Å². The number of nitrogens with one attached hydrogen (secondary N) is 1. The number of hydrogen-bond acceptors (Lipinski definition) is 2. The lowest BCUT2D eigenvalue weighted by Gasteiger charge is -2.39. The predicted molar refractivity (Wildman–Crippen MR) is 72.4 cm³/mol. The average Bonchev–Trinajstić information content (AvgIpc) is 2.33. The summed E-state index contributed by atoms with van der Waals surface area (Å²) in [6.45, 7) is 2.54. The first-order chi connectivity index (χ1) is 8.55. The zero-order valence-electron chi connectivity index (χ0n) is 10.2. The van der Waals surface area contributed by atoms with E-state index in [9.17, 15) is 4.79 Å². The van der Waals surface area contributed by atoms with E-state index in [4.69, 9.17) is 5.26 Å². The summed E-state index contributed by atoms with van der Waals surface area (Å²) in [6.07, 6.45) is 1.35. The highest BCUT2D eigenvalue weighted by molar-refractivity contribution is 9.10. The number of rotatable bonds is 3. The molecule has 1 N–H and O–H groups in total. The van der Waals surface area contributed by atoms with Crippen LogP contribution in [0, 0.1) is 22.7 Å². The number of carbonyl (C=O) groups excluding carboxylic acids is 1. The van der Waals surface area contributed by atoms with Crippen LogP contribution in [0.4, 0.5) is 0 Å². The van der Waals surface area contributed by atoms with Gasteiger partial charge in [-0.05, 0) is 36.5 Å². The second-order valence-electron chi connectivity index (χ2n) is 5.02. The van der Waals surface area contributed by atoms with E-state index in [-0.39, 0.29) is 5.91 Å². The Morgan fingerprint density at radius 1 is 1.50 bits per heavy atom. The highest BCUT2D eigenvalue weighted by atomic mass is 79.9. The summed E-state index contributed by atoms with van der Waals surface area (Å²) in [5, 5.41) is 12.0. The molecule has 1 aliphatic rings. The molecule has 18 heavy (non-hydrogen) atoms. The fourth-order valence-corrected chi connectivity index (χ4v) is 2.68. The SMILES string of the molecule is CC1CC(C#N)(C(=O)NCc2ccc(Br)cc2)C1. The fraction of sp³-hybridized carbons (Fsp3) is 0.429. The van der Waals surface area contributed by atoms with E-state index >= 15 is 0 Å². The van der Waals surface area contributed by atoms with Crippen molar-refractivity contribution < 1.29 is 4.79 Å². The molecule has 0 atom stereocenters. The summed E-state index contributed by atoms with van der Waals surface area (Å²) < 4.78 is 1.01. The number of nitrogens with zero attached hydrogens (tertiary/aromatic N) is 1. The van der Waals surface area contributed by atoms with E-state index in [0.717, 1.165) is 10.0 Å². The van der Waals surface area contributed by atoms with E-state index in [1.807, 2.05) is 24.3 Å². The molecular formula is C14H15BrN2O. The van der Waals surface area contributed by atoms with E-state index in [0.29, 0.717) is 25.3 Å². The van der Waals surface area contributed by atoms with Crippen LogP contribution in [0.5, 0.6) is 0 Å². The molecule has 4 heteroatoms. The largest absolute Gasteiger partial charge is 0.351 e. The summed E-state index contributed by atoms with van der Waals surface area (Å²) >= 11 is 3.36. The third kappa shape index (κ3) is 2.56. The highest BCUT2D eigenvalue weighted by Gasteiger charge is 2.48. The maximum Gasteiger partial charge on any atom is 0.240 e. The normalized spacial score (nSPS) is 25.9. The van der Waals surface area contributed by atoms with Crippen molar-refractivity contribution in [1.29, 1.82) is 5.26 Å². The smallest absolute Gasteiger partial charge is 0.240 e. The van der Waals surface area contributed by atoms with Crippen molar-refractivity contribution in [2.45, 2.75) is 26.3 Å². The Bertz CT molecular complexity index is 484. The molecule has 0 aromatic heterocycles. The Morgan fingerprint density at radius 3 is 2.61 bits per heavy atom. The molecule has 94 valence electrons. The summed E-state index contributed by atoms with van der Waals surface area (Å²) in [5.41, 5.74) is 0.251. The average molecular weight is 307 g/mol. The monoisotopic (exact) mass is 306 g/mol. The molecule has 0 radical (unpaired) electrons. The van der Waals surface area contributed by atoms with Gasteiger partial charge in [0.1, 0.15) is 5.41 Å². The summed E-state index contributed by atoms with van der Waals surface area (Å²) in [5.74, 6) is 0.342. The number of carbonyl (C=O) groups is 1. The molecule has 0 unspecified atom stereocenters. The molecule has 0 spiro atoms. The second-order valence-corrected chi connectivity index (χ2v) is 5.93. The van der Waals surface area contributed by atoms with Crippen molar-refractivity contribution >= 4 is 21.8 Å². The number of nitriles is 1. The minimum Gasteiger partial charge on any atom is -0.351 e. The van der Waals surface area contributed by atoms with Gasteiger partial charge in [0.25, 0.3) is 0 Å². The first kappa shape index (κ1) is 13.1. The summed E-state index contributed by atoms with van der Waals surface area (Å²) in [7, 11) is 0. The quantitative estimate of drug-likeness (QED) is 0.933. The van der Waals surface area contributed by atoms with Crippen LogP contribution in [0.25, 0.3) is 0 Å². The van der Waals surface area contributed by atoms with Gasteiger partial charge in [-0.3, -0.25) is 4.79 Å². The van der Waals surface area contributed by atoms with Gasteiger partial charge < -0.3 is 5.32 Å². The van der Waals surface area contributed by atoms with E-state index in [2.05, 4.69) is 34.2 Å². The zero-order chi connectivity index (χ0) is 13.2. The van der Waals surface area contributed by atoms with Crippen LogP contribution in [0.3, 0.4) is 0 Å². The molecule has 1 fully saturated rings. The minimum atomic E-state index is -0.783.